The number of amides is 2. The average molecular weight is 395 g/mol. The summed E-state index contributed by atoms with van der Waals surface area (Å²) >= 11 is 0. The van der Waals surface area contributed by atoms with Gasteiger partial charge < -0.3 is 9.64 Å². The lowest BCUT2D eigenvalue weighted by atomic mass is 10.1. The summed E-state index contributed by atoms with van der Waals surface area (Å²) in [6.45, 7) is 10.2. The van der Waals surface area contributed by atoms with Crippen molar-refractivity contribution < 1.29 is 14.3 Å². The van der Waals surface area contributed by atoms with Crippen molar-refractivity contribution >= 4 is 12.0 Å². The minimum atomic E-state index is -0.632. The molecule has 5 heteroatoms. The molecule has 0 aliphatic carbocycles. The maximum atomic E-state index is 13.1. The number of benzene rings is 2. The first kappa shape index (κ1) is 22.2. The van der Waals surface area contributed by atoms with Crippen LogP contribution in [0.5, 0.6) is 0 Å². The largest absolute Gasteiger partial charge is 0.444 e. The van der Waals surface area contributed by atoms with E-state index < -0.39 is 11.7 Å². The van der Waals surface area contributed by atoms with E-state index in [0.29, 0.717) is 13.1 Å². The second-order valence-electron chi connectivity index (χ2n) is 7.87. The van der Waals surface area contributed by atoms with Crippen molar-refractivity contribution in [2.45, 2.75) is 39.5 Å². The smallest absolute Gasteiger partial charge is 0.411 e. The molecular weight excluding hydrogens is 364 g/mol. The van der Waals surface area contributed by atoms with E-state index in [1.54, 1.807) is 31.7 Å². The van der Waals surface area contributed by atoms with Gasteiger partial charge in [-0.15, -0.1) is 6.58 Å². The quantitative estimate of drug-likeness (QED) is 0.613. The third kappa shape index (κ3) is 7.82. The van der Waals surface area contributed by atoms with Gasteiger partial charge in [-0.3, -0.25) is 9.69 Å². The molecule has 0 fully saturated rings. The molecule has 154 valence electrons. The highest BCUT2D eigenvalue weighted by Crippen LogP contribution is 2.13. The Morgan fingerprint density at radius 3 is 1.79 bits per heavy atom. The number of nitrogens with zero attached hydrogens (tertiary/aromatic N) is 2. The fourth-order valence-corrected chi connectivity index (χ4v) is 2.79. The Kier molecular flexibility index (Phi) is 8.01. The predicted molar refractivity (Wildman–Crippen MR) is 115 cm³/mol. The Labute approximate surface area is 173 Å². The van der Waals surface area contributed by atoms with Gasteiger partial charge in [0.1, 0.15) is 12.1 Å². The first-order valence-electron chi connectivity index (χ1n) is 9.73. The normalized spacial score (nSPS) is 10.9. The Hall–Kier alpha value is -3.08. The number of hydrogen-bond donors (Lipinski definition) is 0. The van der Waals surface area contributed by atoms with Crippen LogP contribution in [0.15, 0.2) is 73.3 Å². The van der Waals surface area contributed by atoms with E-state index in [9.17, 15) is 9.59 Å². The van der Waals surface area contributed by atoms with Gasteiger partial charge in [-0.05, 0) is 31.9 Å². The highest BCUT2D eigenvalue weighted by Gasteiger charge is 2.25. The summed E-state index contributed by atoms with van der Waals surface area (Å²) < 4.78 is 5.44. The number of rotatable bonds is 8. The van der Waals surface area contributed by atoms with E-state index in [0.717, 1.165) is 11.1 Å². The third-order valence-electron chi connectivity index (χ3n) is 4.11. The standard InChI is InChI=1S/C24H30N2O3/c1-5-16-25(23(28)29-24(2,3)4)19-22(27)26(17-20-12-8-6-9-13-20)18-21-14-10-7-11-15-21/h5-15H,1,16-19H2,2-4H3. The maximum absolute atomic E-state index is 13.1. The zero-order chi connectivity index (χ0) is 21.3. The van der Waals surface area contributed by atoms with Crippen LogP contribution in [0.2, 0.25) is 0 Å². The van der Waals surface area contributed by atoms with Crippen molar-refractivity contribution in [2.75, 3.05) is 13.1 Å². The summed E-state index contributed by atoms with van der Waals surface area (Å²) in [5.41, 5.74) is 1.43. The molecule has 0 saturated carbocycles. The zero-order valence-electron chi connectivity index (χ0n) is 17.5. The van der Waals surface area contributed by atoms with Gasteiger partial charge in [0.2, 0.25) is 5.91 Å². The van der Waals surface area contributed by atoms with Gasteiger partial charge in [0.25, 0.3) is 0 Å². The van der Waals surface area contributed by atoms with Crippen molar-refractivity contribution in [1.29, 1.82) is 0 Å². The van der Waals surface area contributed by atoms with Gasteiger partial charge in [0.15, 0.2) is 0 Å². The topological polar surface area (TPSA) is 49.9 Å². The molecule has 0 N–H and O–H groups in total. The van der Waals surface area contributed by atoms with Gasteiger partial charge in [0.05, 0.1) is 0 Å². The second-order valence-corrected chi connectivity index (χ2v) is 7.87. The highest BCUT2D eigenvalue weighted by molar-refractivity contribution is 5.82. The molecule has 0 heterocycles. The lowest BCUT2D eigenvalue weighted by Gasteiger charge is -2.29. The highest BCUT2D eigenvalue weighted by atomic mass is 16.6. The van der Waals surface area contributed by atoms with E-state index in [1.807, 2.05) is 60.7 Å². The molecule has 0 radical (unpaired) electrons. The molecule has 29 heavy (non-hydrogen) atoms. The molecule has 0 unspecified atom stereocenters. The van der Waals surface area contributed by atoms with Gasteiger partial charge in [-0.25, -0.2) is 4.79 Å². The maximum Gasteiger partial charge on any atom is 0.411 e. The monoisotopic (exact) mass is 394 g/mol. The fourth-order valence-electron chi connectivity index (χ4n) is 2.79. The van der Waals surface area contributed by atoms with Crippen molar-refractivity contribution in [3.8, 4) is 0 Å². The number of hydrogen-bond acceptors (Lipinski definition) is 3. The molecule has 0 aliphatic heterocycles. The molecule has 2 aromatic rings. The van der Waals surface area contributed by atoms with E-state index >= 15 is 0 Å². The molecule has 0 bridgehead atoms. The van der Waals surface area contributed by atoms with E-state index in [4.69, 9.17) is 4.74 Å². The van der Waals surface area contributed by atoms with Crippen molar-refractivity contribution in [3.05, 3.63) is 84.4 Å². The Morgan fingerprint density at radius 1 is 0.897 bits per heavy atom. The van der Waals surface area contributed by atoms with Crippen LogP contribution in [-0.4, -0.2) is 40.5 Å². The molecule has 2 amide bonds. The number of carbonyl (C=O) groups is 2. The lowest BCUT2D eigenvalue weighted by Crippen LogP contribution is -2.44. The molecule has 0 atom stereocenters. The van der Waals surface area contributed by atoms with Crippen LogP contribution >= 0.6 is 0 Å². The molecule has 0 saturated heterocycles. The van der Waals surface area contributed by atoms with Crippen LogP contribution < -0.4 is 0 Å². The molecule has 2 aromatic carbocycles. The molecule has 2 rings (SSSR count). The average Bonchev–Trinajstić information content (AvgIpc) is 2.67. The summed E-state index contributed by atoms with van der Waals surface area (Å²) in [5, 5.41) is 0. The predicted octanol–water partition coefficient (Wildman–Crippen LogP) is 4.64. The minimum absolute atomic E-state index is 0.0688. The summed E-state index contributed by atoms with van der Waals surface area (Å²) in [4.78, 5) is 28.8. The van der Waals surface area contributed by atoms with Gasteiger partial charge in [-0.1, -0.05) is 66.7 Å². The lowest BCUT2D eigenvalue weighted by molar-refractivity contribution is -0.133. The first-order valence-corrected chi connectivity index (χ1v) is 9.73. The summed E-state index contributed by atoms with van der Waals surface area (Å²) in [7, 11) is 0. The SMILES string of the molecule is C=CCN(CC(=O)N(Cc1ccccc1)Cc1ccccc1)C(=O)OC(C)(C)C. The Balaban J connectivity index is 2.17. The molecule has 0 aromatic heterocycles. The summed E-state index contributed by atoms with van der Waals surface area (Å²) in [5.74, 6) is -0.148. The van der Waals surface area contributed by atoms with Crippen LogP contribution in [-0.2, 0) is 22.6 Å². The van der Waals surface area contributed by atoms with E-state index in [1.165, 1.54) is 4.90 Å². The Bertz CT molecular complexity index is 756. The molecule has 0 spiro atoms. The molecule has 0 aliphatic rings. The number of ether oxygens (including phenoxy) is 1. The van der Waals surface area contributed by atoms with Crippen LogP contribution in [0.25, 0.3) is 0 Å². The van der Waals surface area contributed by atoms with Gasteiger partial charge in [0, 0.05) is 19.6 Å². The van der Waals surface area contributed by atoms with Crippen molar-refractivity contribution in [3.63, 3.8) is 0 Å². The summed E-state index contributed by atoms with van der Waals surface area (Å²) in [6.07, 6.45) is 1.07. The van der Waals surface area contributed by atoms with Crippen LogP contribution in [0.1, 0.15) is 31.9 Å². The van der Waals surface area contributed by atoms with Crippen LogP contribution in [0.3, 0.4) is 0 Å². The number of carbonyl (C=O) groups excluding carboxylic acids is 2. The van der Waals surface area contributed by atoms with Crippen LogP contribution in [0.4, 0.5) is 4.79 Å². The van der Waals surface area contributed by atoms with E-state index in [2.05, 4.69) is 6.58 Å². The first-order chi connectivity index (χ1) is 13.8. The molecular formula is C24H30N2O3. The fraction of sp³-hybridized carbons (Fsp3) is 0.333. The minimum Gasteiger partial charge on any atom is -0.444 e. The summed E-state index contributed by atoms with van der Waals surface area (Å²) in [6, 6.07) is 19.6. The van der Waals surface area contributed by atoms with Gasteiger partial charge >= 0.3 is 6.09 Å². The van der Waals surface area contributed by atoms with Crippen molar-refractivity contribution in [1.82, 2.24) is 9.80 Å². The van der Waals surface area contributed by atoms with Crippen LogP contribution in [0, 0.1) is 0 Å². The third-order valence-corrected chi connectivity index (χ3v) is 4.11. The van der Waals surface area contributed by atoms with E-state index in [-0.39, 0.29) is 19.0 Å². The van der Waals surface area contributed by atoms with Crippen molar-refractivity contribution in [2.24, 2.45) is 0 Å². The Morgan fingerprint density at radius 2 is 1.38 bits per heavy atom. The van der Waals surface area contributed by atoms with Gasteiger partial charge in [-0.2, -0.15) is 0 Å². The molecule has 5 nitrogen and oxygen atoms in total. The zero-order valence-corrected chi connectivity index (χ0v) is 17.5. The second kappa shape index (κ2) is 10.5.